The van der Waals surface area contributed by atoms with Crippen LogP contribution in [-0.4, -0.2) is 6.54 Å². The van der Waals surface area contributed by atoms with Crippen LogP contribution in [0.4, 0.5) is 0 Å². The lowest BCUT2D eigenvalue weighted by Gasteiger charge is -1.99. The maximum atomic E-state index is 5.28. The van der Waals surface area contributed by atoms with Gasteiger partial charge in [0.05, 0.1) is 6.54 Å². The van der Waals surface area contributed by atoms with Crippen LogP contribution in [0.2, 0.25) is 0 Å². The molecule has 0 amide bonds. The van der Waals surface area contributed by atoms with E-state index in [2.05, 4.69) is 27.8 Å². The van der Waals surface area contributed by atoms with Crippen molar-refractivity contribution in [2.24, 2.45) is 5.73 Å². The van der Waals surface area contributed by atoms with Gasteiger partial charge in [-0.25, -0.2) is 0 Å². The number of halogens is 1. The highest BCUT2D eigenvalue weighted by Crippen LogP contribution is 2.18. The molecule has 0 unspecified atom stereocenters. The molecule has 1 aromatic rings. The molecule has 2 N–H and O–H groups in total. The summed E-state index contributed by atoms with van der Waals surface area (Å²) >= 11 is 3.44. The van der Waals surface area contributed by atoms with Crippen molar-refractivity contribution in [3.05, 3.63) is 33.8 Å². The second-order valence-electron chi connectivity index (χ2n) is 2.42. The third-order valence-corrected chi connectivity index (χ3v) is 2.45. The zero-order chi connectivity index (χ0) is 8.97. The Morgan fingerprint density at radius 1 is 1.50 bits per heavy atom. The summed E-state index contributed by atoms with van der Waals surface area (Å²) in [5, 5.41) is 0. The molecule has 0 aliphatic carbocycles. The van der Waals surface area contributed by atoms with Crippen molar-refractivity contribution in [2.45, 2.75) is 6.92 Å². The first kappa shape index (κ1) is 9.31. The molecule has 0 aliphatic rings. The molecule has 1 rings (SSSR count). The first-order valence-corrected chi connectivity index (χ1v) is 4.49. The van der Waals surface area contributed by atoms with Crippen LogP contribution in [0.25, 0.3) is 0 Å². The molecular formula is C10H10BrN. The van der Waals surface area contributed by atoms with Crippen LogP contribution < -0.4 is 5.73 Å². The van der Waals surface area contributed by atoms with E-state index in [0.717, 1.165) is 10.0 Å². The monoisotopic (exact) mass is 223 g/mol. The van der Waals surface area contributed by atoms with Gasteiger partial charge in [0.15, 0.2) is 0 Å². The van der Waals surface area contributed by atoms with Gasteiger partial charge in [0, 0.05) is 10.0 Å². The van der Waals surface area contributed by atoms with Crippen LogP contribution >= 0.6 is 15.9 Å². The van der Waals surface area contributed by atoms with E-state index in [1.165, 1.54) is 5.56 Å². The van der Waals surface area contributed by atoms with E-state index in [1.807, 2.05) is 25.1 Å². The summed E-state index contributed by atoms with van der Waals surface area (Å²) in [6, 6.07) is 5.96. The van der Waals surface area contributed by atoms with E-state index in [-0.39, 0.29) is 0 Å². The average molecular weight is 224 g/mol. The summed E-state index contributed by atoms with van der Waals surface area (Å²) in [5.74, 6) is 5.84. The largest absolute Gasteiger partial charge is 0.320 e. The quantitative estimate of drug-likeness (QED) is 0.670. The second-order valence-corrected chi connectivity index (χ2v) is 3.27. The molecule has 0 heterocycles. The van der Waals surface area contributed by atoms with Crippen LogP contribution in [0.1, 0.15) is 11.1 Å². The average Bonchev–Trinajstić information content (AvgIpc) is 2.08. The van der Waals surface area contributed by atoms with Crippen molar-refractivity contribution in [2.75, 3.05) is 6.54 Å². The van der Waals surface area contributed by atoms with Crippen molar-refractivity contribution in [3.63, 3.8) is 0 Å². The van der Waals surface area contributed by atoms with Crippen LogP contribution in [-0.2, 0) is 0 Å². The van der Waals surface area contributed by atoms with E-state index < -0.39 is 0 Å². The lowest BCUT2D eigenvalue weighted by Crippen LogP contribution is -1.93. The first-order chi connectivity index (χ1) is 5.75. The fourth-order valence-corrected chi connectivity index (χ4v) is 1.26. The number of hydrogen-bond acceptors (Lipinski definition) is 1. The normalized spacial score (nSPS) is 8.92. The molecule has 1 nitrogen and oxygen atoms in total. The SMILES string of the molecule is Cc1c(Br)cccc1C#CCN. The maximum Gasteiger partial charge on any atom is 0.0555 e. The van der Waals surface area contributed by atoms with Gasteiger partial charge in [0.25, 0.3) is 0 Å². The number of hydrogen-bond donors (Lipinski definition) is 1. The van der Waals surface area contributed by atoms with Crippen LogP contribution in [0.5, 0.6) is 0 Å². The fourth-order valence-electron chi connectivity index (χ4n) is 0.889. The first-order valence-electron chi connectivity index (χ1n) is 3.69. The summed E-state index contributed by atoms with van der Waals surface area (Å²) in [4.78, 5) is 0. The summed E-state index contributed by atoms with van der Waals surface area (Å²) in [7, 11) is 0. The van der Waals surface area contributed by atoms with Gasteiger partial charge in [-0.3, -0.25) is 0 Å². The molecule has 0 saturated heterocycles. The summed E-state index contributed by atoms with van der Waals surface area (Å²) in [6.07, 6.45) is 0. The highest BCUT2D eigenvalue weighted by Gasteiger charge is 1.96. The Morgan fingerprint density at radius 3 is 2.92 bits per heavy atom. The Bertz CT molecular complexity index is 333. The van der Waals surface area contributed by atoms with E-state index in [9.17, 15) is 0 Å². The molecule has 62 valence electrons. The van der Waals surface area contributed by atoms with Gasteiger partial charge in [-0.15, -0.1) is 0 Å². The van der Waals surface area contributed by atoms with Crippen molar-refractivity contribution < 1.29 is 0 Å². The van der Waals surface area contributed by atoms with E-state index >= 15 is 0 Å². The predicted octanol–water partition coefficient (Wildman–Crippen LogP) is 2.07. The molecule has 12 heavy (non-hydrogen) atoms. The minimum atomic E-state index is 0.409. The van der Waals surface area contributed by atoms with Gasteiger partial charge in [-0.1, -0.05) is 33.8 Å². The summed E-state index contributed by atoms with van der Waals surface area (Å²) < 4.78 is 1.09. The third kappa shape index (κ3) is 2.10. The Balaban J connectivity index is 3.08. The number of nitrogens with two attached hydrogens (primary N) is 1. The Kier molecular flexibility index (Phi) is 3.33. The van der Waals surface area contributed by atoms with Gasteiger partial charge < -0.3 is 5.73 Å². The molecule has 0 saturated carbocycles. The summed E-state index contributed by atoms with van der Waals surface area (Å²) in [6.45, 7) is 2.44. The van der Waals surface area contributed by atoms with Gasteiger partial charge >= 0.3 is 0 Å². The standard InChI is InChI=1S/C10H10BrN/c1-8-9(5-3-7-12)4-2-6-10(8)11/h2,4,6H,7,12H2,1H3. The van der Waals surface area contributed by atoms with Crippen LogP contribution in [0.3, 0.4) is 0 Å². The van der Waals surface area contributed by atoms with E-state index in [4.69, 9.17) is 5.73 Å². The molecule has 0 radical (unpaired) electrons. The summed E-state index contributed by atoms with van der Waals surface area (Å²) in [5.41, 5.74) is 7.48. The molecule has 2 heteroatoms. The Labute approximate surface area is 81.1 Å². The molecule has 0 bridgehead atoms. The Hall–Kier alpha value is -0.780. The molecule has 0 aromatic heterocycles. The van der Waals surface area contributed by atoms with Crippen molar-refractivity contribution >= 4 is 15.9 Å². The minimum Gasteiger partial charge on any atom is -0.320 e. The molecule has 1 aromatic carbocycles. The second kappa shape index (κ2) is 4.30. The maximum absolute atomic E-state index is 5.28. The van der Waals surface area contributed by atoms with Gasteiger partial charge in [0.2, 0.25) is 0 Å². The molecular weight excluding hydrogens is 214 g/mol. The molecule has 0 atom stereocenters. The minimum absolute atomic E-state index is 0.409. The number of benzene rings is 1. The number of rotatable bonds is 0. The van der Waals surface area contributed by atoms with Gasteiger partial charge in [-0.05, 0) is 24.6 Å². The highest BCUT2D eigenvalue weighted by atomic mass is 79.9. The highest BCUT2D eigenvalue weighted by molar-refractivity contribution is 9.10. The van der Waals surface area contributed by atoms with Crippen molar-refractivity contribution in [1.82, 2.24) is 0 Å². The predicted molar refractivity (Wildman–Crippen MR) is 54.8 cm³/mol. The molecule has 0 spiro atoms. The van der Waals surface area contributed by atoms with Crippen molar-refractivity contribution in [1.29, 1.82) is 0 Å². The Morgan fingerprint density at radius 2 is 2.25 bits per heavy atom. The van der Waals surface area contributed by atoms with Crippen LogP contribution in [0.15, 0.2) is 22.7 Å². The zero-order valence-corrected chi connectivity index (χ0v) is 8.48. The topological polar surface area (TPSA) is 26.0 Å². The zero-order valence-electron chi connectivity index (χ0n) is 6.89. The van der Waals surface area contributed by atoms with Crippen molar-refractivity contribution in [3.8, 4) is 11.8 Å². The van der Waals surface area contributed by atoms with E-state index in [0.29, 0.717) is 6.54 Å². The smallest absolute Gasteiger partial charge is 0.0555 e. The van der Waals surface area contributed by atoms with Gasteiger partial charge in [-0.2, -0.15) is 0 Å². The van der Waals surface area contributed by atoms with Crippen LogP contribution in [0, 0.1) is 18.8 Å². The lowest BCUT2D eigenvalue weighted by molar-refractivity contribution is 1.30. The van der Waals surface area contributed by atoms with E-state index in [1.54, 1.807) is 0 Å². The molecule has 0 aliphatic heterocycles. The lowest BCUT2D eigenvalue weighted by atomic mass is 10.1. The van der Waals surface area contributed by atoms with Gasteiger partial charge in [0.1, 0.15) is 0 Å². The fraction of sp³-hybridized carbons (Fsp3) is 0.200. The molecule has 0 fully saturated rings. The third-order valence-electron chi connectivity index (χ3n) is 1.59.